The SMILES string of the molecule is Cc1nc(-c2ccc(OCC(=O)Nc3cccc(C#N)c3)cc2)no1. The zero-order valence-electron chi connectivity index (χ0n) is 13.4. The van der Waals surface area contributed by atoms with Crippen molar-refractivity contribution in [1.82, 2.24) is 10.1 Å². The van der Waals surface area contributed by atoms with Gasteiger partial charge in [0.2, 0.25) is 11.7 Å². The number of aromatic nitrogens is 2. The topological polar surface area (TPSA) is 101 Å². The molecule has 2 aromatic carbocycles. The Bertz CT molecular complexity index is 926. The van der Waals surface area contributed by atoms with Gasteiger partial charge < -0.3 is 14.6 Å². The average molecular weight is 334 g/mol. The van der Waals surface area contributed by atoms with E-state index in [2.05, 4.69) is 15.5 Å². The molecule has 124 valence electrons. The minimum absolute atomic E-state index is 0.141. The lowest BCUT2D eigenvalue weighted by Crippen LogP contribution is -2.20. The largest absolute Gasteiger partial charge is 0.484 e. The van der Waals surface area contributed by atoms with Gasteiger partial charge in [-0.15, -0.1) is 0 Å². The molecule has 0 aliphatic heterocycles. The summed E-state index contributed by atoms with van der Waals surface area (Å²) in [5.74, 6) is 1.23. The highest BCUT2D eigenvalue weighted by molar-refractivity contribution is 5.92. The van der Waals surface area contributed by atoms with E-state index in [1.54, 1.807) is 55.5 Å². The van der Waals surface area contributed by atoms with Crippen molar-refractivity contribution in [2.75, 3.05) is 11.9 Å². The molecule has 0 saturated heterocycles. The van der Waals surface area contributed by atoms with Crippen LogP contribution in [0.25, 0.3) is 11.4 Å². The Morgan fingerprint density at radius 1 is 1.28 bits per heavy atom. The van der Waals surface area contributed by atoms with E-state index < -0.39 is 0 Å². The van der Waals surface area contributed by atoms with Crippen molar-refractivity contribution < 1.29 is 14.1 Å². The Kier molecular flexibility index (Phi) is 4.72. The highest BCUT2D eigenvalue weighted by Gasteiger charge is 2.07. The molecule has 3 rings (SSSR count). The van der Waals surface area contributed by atoms with Crippen molar-refractivity contribution in [2.45, 2.75) is 6.92 Å². The first-order chi connectivity index (χ1) is 12.1. The van der Waals surface area contributed by atoms with E-state index in [1.807, 2.05) is 6.07 Å². The average Bonchev–Trinajstić information content (AvgIpc) is 3.07. The first kappa shape index (κ1) is 16.2. The van der Waals surface area contributed by atoms with Crippen LogP contribution in [0.15, 0.2) is 53.1 Å². The number of rotatable bonds is 5. The van der Waals surface area contributed by atoms with Gasteiger partial charge in [0.1, 0.15) is 5.75 Å². The number of benzene rings is 2. The Morgan fingerprint density at radius 2 is 2.08 bits per heavy atom. The predicted octanol–water partition coefficient (Wildman–Crippen LogP) is 2.93. The van der Waals surface area contributed by atoms with Gasteiger partial charge >= 0.3 is 0 Å². The predicted molar refractivity (Wildman–Crippen MR) is 89.8 cm³/mol. The van der Waals surface area contributed by atoms with Gasteiger partial charge in [0.15, 0.2) is 6.61 Å². The van der Waals surface area contributed by atoms with E-state index in [-0.39, 0.29) is 12.5 Å². The van der Waals surface area contributed by atoms with Gasteiger partial charge in [0, 0.05) is 18.2 Å². The monoisotopic (exact) mass is 334 g/mol. The number of aryl methyl sites for hydroxylation is 1. The number of hydrogen-bond donors (Lipinski definition) is 1. The molecular weight excluding hydrogens is 320 g/mol. The Morgan fingerprint density at radius 3 is 2.76 bits per heavy atom. The van der Waals surface area contributed by atoms with Crippen molar-refractivity contribution in [2.24, 2.45) is 0 Å². The third-order valence-electron chi connectivity index (χ3n) is 3.29. The number of hydrogen-bond acceptors (Lipinski definition) is 6. The molecule has 0 unspecified atom stereocenters. The fourth-order valence-electron chi connectivity index (χ4n) is 2.13. The van der Waals surface area contributed by atoms with Crippen molar-refractivity contribution >= 4 is 11.6 Å². The highest BCUT2D eigenvalue weighted by Crippen LogP contribution is 2.20. The summed E-state index contributed by atoms with van der Waals surface area (Å²) >= 11 is 0. The van der Waals surface area contributed by atoms with Crippen molar-refractivity contribution in [3.8, 4) is 23.2 Å². The molecule has 7 nitrogen and oxygen atoms in total. The van der Waals surface area contributed by atoms with Crippen LogP contribution in [0.3, 0.4) is 0 Å². The molecule has 1 amide bonds. The minimum atomic E-state index is -0.312. The first-order valence-corrected chi connectivity index (χ1v) is 7.47. The standard InChI is InChI=1S/C18H14N4O3/c1-12-20-18(22-25-12)14-5-7-16(8-6-14)24-11-17(23)21-15-4-2-3-13(9-15)10-19/h2-9H,11H2,1H3,(H,21,23). The summed E-state index contributed by atoms with van der Waals surface area (Å²) in [6.07, 6.45) is 0. The van der Waals surface area contributed by atoms with Gasteiger partial charge in [-0.05, 0) is 42.5 Å². The summed E-state index contributed by atoms with van der Waals surface area (Å²) in [4.78, 5) is 16.1. The van der Waals surface area contributed by atoms with Gasteiger partial charge in [0.25, 0.3) is 5.91 Å². The van der Waals surface area contributed by atoms with Crippen LogP contribution in [-0.2, 0) is 4.79 Å². The number of nitrogens with zero attached hydrogens (tertiary/aromatic N) is 3. The molecule has 0 aliphatic rings. The third kappa shape index (κ3) is 4.20. The number of carbonyl (C=O) groups is 1. The van der Waals surface area contributed by atoms with E-state index in [4.69, 9.17) is 14.5 Å². The normalized spacial score (nSPS) is 10.1. The smallest absolute Gasteiger partial charge is 0.262 e. The van der Waals surface area contributed by atoms with Crippen LogP contribution < -0.4 is 10.1 Å². The van der Waals surface area contributed by atoms with Crippen LogP contribution in [0.1, 0.15) is 11.5 Å². The number of amides is 1. The molecule has 25 heavy (non-hydrogen) atoms. The molecule has 1 heterocycles. The van der Waals surface area contributed by atoms with E-state index in [0.29, 0.717) is 28.7 Å². The minimum Gasteiger partial charge on any atom is -0.484 e. The lowest BCUT2D eigenvalue weighted by atomic mass is 10.2. The maximum absolute atomic E-state index is 11.9. The maximum Gasteiger partial charge on any atom is 0.262 e. The number of anilines is 1. The molecule has 0 spiro atoms. The van der Waals surface area contributed by atoms with E-state index >= 15 is 0 Å². The molecule has 0 bridgehead atoms. The summed E-state index contributed by atoms with van der Waals surface area (Å²) < 4.78 is 10.4. The van der Waals surface area contributed by atoms with Gasteiger partial charge in [-0.2, -0.15) is 10.2 Å². The highest BCUT2D eigenvalue weighted by atomic mass is 16.5. The van der Waals surface area contributed by atoms with E-state index in [9.17, 15) is 4.79 Å². The molecular formula is C18H14N4O3. The fraction of sp³-hybridized carbons (Fsp3) is 0.111. The quantitative estimate of drug-likeness (QED) is 0.770. The van der Waals surface area contributed by atoms with Crippen molar-refractivity contribution in [1.29, 1.82) is 5.26 Å². The van der Waals surface area contributed by atoms with Crippen LogP contribution in [-0.4, -0.2) is 22.7 Å². The number of nitriles is 1. The number of nitrogens with one attached hydrogen (secondary N) is 1. The maximum atomic E-state index is 11.9. The van der Waals surface area contributed by atoms with Crippen molar-refractivity contribution in [3.05, 3.63) is 60.0 Å². The molecule has 7 heteroatoms. The van der Waals surface area contributed by atoms with Crippen LogP contribution in [0.5, 0.6) is 5.75 Å². The fourth-order valence-corrected chi connectivity index (χ4v) is 2.13. The molecule has 0 atom stereocenters. The first-order valence-electron chi connectivity index (χ1n) is 7.47. The lowest BCUT2D eigenvalue weighted by molar-refractivity contribution is -0.118. The zero-order chi connectivity index (χ0) is 17.6. The van der Waals surface area contributed by atoms with Gasteiger partial charge in [-0.1, -0.05) is 11.2 Å². The molecule has 0 saturated carbocycles. The summed E-state index contributed by atoms with van der Waals surface area (Å²) in [7, 11) is 0. The second-order valence-electron chi connectivity index (χ2n) is 5.19. The Hall–Kier alpha value is -3.66. The molecule has 0 fully saturated rings. The molecule has 3 aromatic rings. The van der Waals surface area contributed by atoms with Crippen LogP contribution >= 0.6 is 0 Å². The molecule has 1 N–H and O–H groups in total. The van der Waals surface area contributed by atoms with E-state index in [1.165, 1.54) is 0 Å². The van der Waals surface area contributed by atoms with Crippen molar-refractivity contribution in [3.63, 3.8) is 0 Å². The van der Waals surface area contributed by atoms with Gasteiger partial charge in [0.05, 0.1) is 11.6 Å². The van der Waals surface area contributed by atoms with Crippen LogP contribution in [0, 0.1) is 18.3 Å². The Labute approximate surface area is 143 Å². The van der Waals surface area contributed by atoms with Crippen LogP contribution in [0.4, 0.5) is 5.69 Å². The number of ether oxygens (including phenoxy) is 1. The van der Waals surface area contributed by atoms with Crippen LogP contribution in [0.2, 0.25) is 0 Å². The van der Waals surface area contributed by atoms with Gasteiger partial charge in [-0.3, -0.25) is 4.79 Å². The molecule has 0 aliphatic carbocycles. The summed E-state index contributed by atoms with van der Waals surface area (Å²) in [5.41, 5.74) is 1.82. The zero-order valence-corrected chi connectivity index (χ0v) is 13.4. The van der Waals surface area contributed by atoms with E-state index in [0.717, 1.165) is 5.56 Å². The summed E-state index contributed by atoms with van der Waals surface area (Å²) in [6.45, 7) is 1.58. The number of carbonyl (C=O) groups excluding carboxylic acids is 1. The van der Waals surface area contributed by atoms with Gasteiger partial charge in [-0.25, -0.2) is 0 Å². The second kappa shape index (κ2) is 7.27. The summed E-state index contributed by atoms with van der Waals surface area (Å²) in [6, 6.07) is 15.7. The summed E-state index contributed by atoms with van der Waals surface area (Å²) in [5, 5.41) is 15.4. The molecule has 1 aromatic heterocycles. The molecule has 0 radical (unpaired) electrons. The Balaban J connectivity index is 1.56. The third-order valence-corrected chi connectivity index (χ3v) is 3.29. The second-order valence-corrected chi connectivity index (χ2v) is 5.19. The lowest BCUT2D eigenvalue weighted by Gasteiger charge is -2.08.